The van der Waals surface area contributed by atoms with E-state index in [-0.39, 0.29) is 22.9 Å². The molecule has 2 amide bonds. The van der Waals surface area contributed by atoms with E-state index in [0.29, 0.717) is 22.6 Å². The smallest absolute Gasteiger partial charge is 0.262 e. The van der Waals surface area contributed by atoms with Crippen LogP contribution in [0.3, 0.4) is 0 Å². The van der Waals surface area contributed by atoms with Crippen LogP contribution >= 0.6 is 0 Å². The highest BCUT2D eigenvalue weighted by Gasteiger charge is 2.28. The summed E-state index contributed by atoms with van der Waals surface area (Å²) in [5.74, 6) is -0.763. The zero-order valence-corrected chi connectivity index (χ0v) is 16.9. The zero-order valence-electron chi connectivity index (χ0n) is 16.1. The number of carbonyl (C=O) groups is 2. The molecule has 0 aromatic heterocycles. The van der Waals surface area contributed by atoms with Gasteiger partial charge in [0.1, 0.15) is 6.54 Å². The molecule has 0 bridgehead atoms. The molecule has 1 aliphatic rings. The van der Waals surface area contributed by atoms with E-state index in [9.17, 15) is 18.0 Å². The lowest BCUT2D eigenvalue weighted by Gasteiger charge is -2.29. The second kappa shape index (κ2) is 7.64. The van der Waals surface area contributed by atoms with Gasteiger partial charge in [0.2, 0.25) is 5.91 Å². The second-order valence-electron chi connectivity index (χ2n) is 6.91. The van der Waals surface area contributed by atoms with Crippen LogP contribution in [0.4, 0.5) is 17.1 Å². The Morgan fingerprint density at radius 3 is 2.47 bits per heavy atom. The largest absolute Gasteiger partial charge is 0.323 e. The molecule has 0 spiro atoms. The Hall–Kier alpha value is -3.65. The van der Waals surface area contributed by atoms with Crippen molar-refractivity contribution >= 4 is 38.9 Å². The van der Waals surface area contributed by atoms with Crippen LogP contribution < -0.4 is 14.9 Å². The number of fused-ring (bicyclic) bond motifs is 1. The zero-order chi connectivity index (χ0) is 21.3. The van der Waals surface area contributed by atoms with E-state index in [0.717, 1.165) is 0 Å². The van der Waals surface area contributed by atoms with E-state index in [4.69, 9.17) is 0 Å². The number of hydrogen-bond donors (Lipinski definition) is 2. The molecular formula is C22H19N3O4S. The number of nitrogens with zero attached hydrogens (tertiary/aromatic N) is 1. The molecule has 0 unspecified atom stereocenters. The third kappa shape index (κ3) is 3.77. The van der Waals surface area contributed by atoms with Crippen LogP contribution in [0.25, 0.3) is 0 Å². The van der Waals surface area contributed by atoms with E-state index < -0.39 is 15.9 Å². The van der Waals surface area contributed by atoms with Gasteiger partial charge in [0.25, 0.3) is 15.9 Å². The Kier molecular flexibility index (Phi) is 5.01. The number of sulfonamides is 1. The SMILES string of the molecule is Cc1ccc(C(=O)N2CC(=O)Nc3ccccc32)cc1S(=O)(=O)Nc1ccccc1. The van der Waals surface area contributed by atoms with Crippen molar-refractivity contribution in [1.29, 1.82) is 0 Å². The summed E-state index contributed by atoms with van der Waals surface area (Å²) in [7, 11) is -3.90. The standard InChI is InChI=1S/C22H19N3O4S/c1-15-11-12-16(13-20(15)30(28,29)24-17-7-3-2-4-8-17)22(27)25-14-21(26)23-18-9-5-6-10-19(18)25/h2-13,24H,14H2,1H3,(H,23,26). The number of para-hydroxylation sites is 3. The first kappa shape index (κ1) is 19.7. The van der Waals surface area contributed by atoms with E-state index in [1.807, 2.05) is 0 Å². The van der Waals surface area contributed by atoms with Crippen molar-refractivity contribution in [3.05, 3.63) is 83.9 Å². The van der Waals surface area contributed by atoms with Gasteiger partial charge in [-0.3, -0.25) is 19.2 Å². The molecule has 1 heterocycles. The van der Waals surface area contributed by atoms with Crippen LogP contribution in [0.5, 0.6) is 0 Å². The molecule has 7 nitrogen and oxygen atoms in total. The molecule has 8 heteroatoms. The van der Waals surface area contributed by atoms with Crippen LogP contribution in [0.15, 0.2) is 77.7 Å². The molecule has 0 atom stereocenters. The maximum Gasteiger partial charge on any atom is 0.262 e. The van der Waals surface area contributed by atoms with Crippen LogP contribution in [0, 0.1) is 6.92 Å². The number of rotatable bonds is 4. The highest BCUT2D eigenvalue weighted by molar-refractivity contribution is 7.92. The summed E-state index contributed by atoms with van der Waals surface area (Å²) in [5, 5.41) is 2.73. The predicted molar refractivity (Wildman–Crippen MR) is 115 cm³/mol. The number of nitrogens with one attached hydrogen (secondary N) is 2. The molecule has 4 rings (SSSR count). The summed E-state index contributed by atoms with van der Waals surface area (Å²) in [6, 6.07) is 20.0. The molecule has 152 valence electrons. The fraction of sp³-hybridized carbons (Fsp3) is 0.0909. The third-order valence-corrected chi connectivity index (χ3v) is 6.29. The molecule has 0 saturated heterocycles. The fourth-order valence-corrected chi connectivity index (χ4v) is 4.64. The molecule has 0 fully saturated rings. The van der Waals surface area contributed by atoms with Crippen molar-refractivity contribution in [3.8, 4) is 0 Å². The first-order valence-electron chi connectivity index (χ1n) is 9.24. The van der Waals surface area contributed by atoms with Gasteiger partial charge in [0, 0.05) is 11.3 Å². The van der Waals surface area contributed by atoms with Crippen molar-refractivity contribution in [3.63, 3.8) is 0 Å². The minimum absolute atomic E-state index is 0.00643. The first-order chi connectivity index (χ1) is 14.3. The Balaban J connectivity index is 1.70. The topological polar surface area (TPSA) is 95.6 Å². The Bertz CT molecular complexity index is 1240. The first-order valence-corrected chi connectivity index (χ1v) is 10.7. The van der Waals surface area contributed by atoms with Crippen molar-refractivity contribution < 1.29 is 18.0 Å². The van der Waals surface area contributed by atoms with Gasteiger partial charge in [-0.05, 0) is 48.9 Å². The summed E-state index contributed by atoms with van der Waals surface area (Å²) in [4.78, 5) is 26.6. The van der Waals surface area contributed by atoms with Crippen LogP contribution in [0.2, 0.25) is 0 Å². The Morgan fingerprint density at radius 2 is 1.70 bits per heavy atom. The normalized spacial score (nSPS) is 13.4. The number of hydrogen-bond acceptors (Lipinski definition) is 4. The molecule has 2 N–H and O–H groups in total. The minimum Gasteiger partial charge on any atom is -0.323 e. The predicted octanol–water partition coefficient (Wildman–Crippen LogP) is 3.39. The van der Waals surface area contributed by atoms with Crippen molar-refractivity contribution in [2.45, 2.75) is 11.8 Å². The van der Waals surface area contributed by atoms with Crippen LogP contribution in [-0.2, 0) is 14.8 Å². The summed E-state index contributed by atoms with van der Waals surface area (Å²) in [6.07, 6.45) is 0. The lowest BCUT2D eigenvalue weighted by atomic mass is 10.1. The van der Waals surface area contributed by atoms with Crippen molar-refractivity contribution in [2.24, 2.45) is 0 Å². The van der Waals surface area contributed by atoms with E-state index in [2.05, 4.69) is 10.0 Å². The molecule has 0 aliphatic carbocycles. The van der Waals surface area contributed by atoms with Gasteiger partial charge in [-0.1, -0.05) is 36.4 Å². The monoisotopic (exact) mass is 421 g/mol. The number of carbonyl (C=O) groups excluding carboxylic acids is 2. The number of amides is 2. The van der Waals surface area contributed by atoms with Gasteiger partial charge in [-0.2, -0.15) is 0 Å². The molecule has 0 saturated carbocycles. The summed E-state index contributed by atoms with van der Waals surface area (Å²) in [5.41, 5.74) is 2.21. The lowest BCUT2D eigenvalue weighted by molar-refractivity contribution is -0.115. The quantitative estimate of drug-likeness (QED) is 0.675. The van der Waals surface area contributed by atoms with Crippen LogP contribution in [0.1, 0.15) is 15.9 Å². The number of anilines is 3. The summed E-state index contributed by atoms with van der Waals surface area (Å²) < 4.78 is 28.4. The third-order valence-electron chi connectivity index (χ3n) is 4.77. The maximum absolute atomic E-state index is 13.2. The number of aryl methyl sites for hydroxylation is 1. The molecule has 30 heavy (non-hydrogen) atoms. The maximum atomic E-state index is 13.2. The van der Waals surface area contributed by atoms with Gasteiger partial charge in [0.05, 0.1) is 16.3 Å². The average molecular weight is 421 g/mol. The number of benzene rings is 3. The molecule has 3 aromatic carbocycles. The van der Waals surface area contributed by atoms with E-state index >= 15 is 0 Å². The van der Waals surface area contributed by atoms with Gasteiger partial charge in [0.15, 0.2) is 0 Å². The van der Waals surface area contributed by atoms with Gasteiger partial charge >= 0.3 is 0 Å². The Labute approximate surface area is 174 Å². The summed E-state index contributed by atoms with van der Waals surface area (Å²) >= 11 is 0. The highest BCUT2D eigenvalue weighted by Crippen LogP contribution is 2.31. The van der Waals surface area contributed by atoms with Crippen molar-refractivity contribution in [2.75, 3.05) is 21.5 Å². The van der Waals surface area contributed by atoms with Crippen LogP contribution in [-0.4, -0.2) is 26.8 Å². The molecular weight excluding hydrogens is 402 g/mol. The fourth-order valence-electron chi connectivity index (χ4n) is 3.31. The highest BCUT2D eigenvalue weighted by atomic mass is 32.2. The Morgan fingerprint density at radius 1 is 1.00 bits per heavy atom. The second-order valence-corrected chi connectivity index (χ2v) is 8.56. The molecule has 1 aliphatic heterocycles. The molecule has 3 aromatic rings. The average Bonchev–Trinajstić information content (AvgIpc) is 2.73. The van der Waals surface area contributed by atoms with Gasteiger partial charge in [-0.15, -0.1) is 0 Å². The van der Waals surface area contributed by atoms with Crippen molar-refractivity contribution in [1.82, 2.24) is 0 Å². The van der Waals surface area contributed by atoms with E-state index in [1.165, 1.54) is 11.0 Å². The molecule has 0 radical (unpaired) electrons. The summed E-state index contributed by atoms with van der Waals surface area (Å²) in [6.45, 7) is 1.52. The minimum atomic E-state index is -3.90. The van der Waals surface area contributed by atoms with E-state index in [1.54, 1.807) is 73.7 Å². The van der Waals surface area contributed by atoms with Gasteiger partial charge < -0.3 is 5.32 Å². The van der Waals surface area contributed by atoms with Gasteiger partial charge in [-0.25, -0.2) is 8.42 Å². The lowest BCUT2D eigenvalue weighted by Crippen LogP contribution is -2.42.